The second-order valence-corrected chi connectivity index (χ2v) is 12.7. The minimum atomic E-state index is -0.961. The lowest BCUT2D eigenvalue weighted by Gasteiger charge is -2.36. The molecule has 0 aliphatic heterocycles. The monoisotopic (exact) mass is 550 g/mol. The quantitative estimate of drug-likeness (QED) is 0.267. The molecule has 0 spiro atoms. The molecule has 6 atom stereocenters. The van der Waals surface area contributed by atoms with Crippen LogP contribution in [0.5, 0.6) is 0 Å². The minimum Gasteiger partial charge on any atom is -0.481 e. The highest BCUT2D eigenvalue weighted by Gasteiger charge is 2.41. The van der Waals surface area contributed by atoms with Gasteiger partial charge in [0.2, 0.25) is 11.8 Å². The van der Waals surface area contributed by atoms with E-state index >= 15 is 0 Å². The van der Waals surface area contributed by atoms with Crippen LogP contribution in [-0.2, 0) is 19.2 Å². The average Bonchev–Trinajstić information content (AvgIpc) is 2.90. The van der Waals surface area contributed by atoms with Crippen LogP contribution in [-0.4, -0.2) is 68.5 Å². The molecule has 0 saturated heterocycles. The van der Waals surface area contributed by atoms with Gasteiger partial charge < -0.3 is 31.1 Å². The Balaban J connectivity index is 1.15. The number of aliphatic hydroxyl groups is 2. The molecule has 10 heteroatoms. The molecule has 6 N–H and O–H groups in total. The van der Waals surface area contributed by atoms with Crippen molar-refractivity contribution in [1.82, 2.24) is 10.6 Å². The van der Waals surface area contributed by atoms with Crippen molar-refractivity contribution in [2.24, 2.45) is 35.5 Å². The molecule has 4 saturated carbocycles. The molecular formula is C29H46N2O8. The van der Waals surface area contributed by atoms with Crippen LogP contribution in [0.25, 0.3) is 0 Å². The first-order chi connectivity index (χ1) is 18.6. The fraction of sp³-hybridized carbons (Fsp3) is 0.862. The summed E-state index contributed by atoms with van der Waals surface area (Å²) in [6, 6.07) is 0.113. The van der Waals surface area contributed by atoms with Gasteiger partial charge in [-0.2, -0.15) is 0 Å². The molecule has 0 aromatic carbocycles. The Kier molecular flexibility index (Phi) is 10.3. The zero-order valence-electron chi connectivity index (χ0n) is 22.8. The molecule has 4 aliphatic carbocycles. The first-order valence-electron chi connectivity index (χ1n) is 15.0. The van der Waals surface area contributed by atoms with Gasteiger partial charge in [0.05, 0.1) is 35.9 Å². The Labute approximate surface area is 230 Å². The predicted octanol–water partition coefficient (Wildman–Crippen LogP) is 2.45. The van der Waals surface area contributed by atoms with Crippen LogP contribution in [0.3, 0.4) is 0 Å². The fourth-order valence-electron chi connectivity index (χ4n) is 7.64. The molecule has 0 heterocycles. The molecule has 4 rings (SSSR count). The summed E-state index contributed by atoms with van der Waals surface area (Å²) in [7, 11) is 0. The normalized spacial score (nSPS) is 39.3. The number of carboxylic acids is 2. The molecule has 39 heavy (non-hydrogen) atoms. The lowest BCUT2D eigenvalue weighted by Crippen LogP contribution is -2.47. The van der Waals surface area contributed by atoms with Gasteiger partial charge in [-0.25, -0.2) is 0 Å². The van der Waals surface area contributed by atoms with Gasteiger partial charge in [-0.05, 0) is 108 Å². The van der Waals surface area contributed by atoms with Crippen molar-refractivity contribution in [2.45, 2.75) is 121 Å². The summed E-state index contributed by atoms with van der Waals surface area (Å²) in [4.78, 5) is 48.9. The van der Waals surface area contributed by atoms with Crippen molar-refractivity contribution < 1.29 is 39.6 Å². The highest BCUT2D eigenvalue weighted by Crippen LogP contribution is 2.37. The van der Waals surface area contributed by atoms with Crippen molar-refractivity contribution in [3.8, 4) is 0 Å². The second kappa shape index (κ2) is 13.4. The molecule has 4 aliphatic rings. The SMILES string of the molecule is O=C(O)C1CCC(O)CC1C(=O)NC1CCC(CC2CCC(NC(=O)C3CC(O)CCC3C(=O)O)CC2)CC1. The van der Waals surface area contributed by atoms with E-state index in [0.29, 0.717) is 37.5 Å². The van der Waals surface area contributed by atoms with E-state index in [1.165, 1.54) is 0 Å². The minimum absolute atomic E-state index is 0.0566. The molecule has 6 unspecified atom stereocenters. The third kappa shape index (κ3) is 7.93. The lowest BCUT2D eigenvalue weighted by atomic mass is 9.74. The summed E-state index contributed by atoms with van der Waals surface area (Å²) in [5.41, 5.74) is 0. The largest absolute Gasteiger partial charge is 0.481 e. The molecular weight excluding hydrogens is 504 g/mol. The van der Waals surface area contributed by atoms with E-state index in [-0.39, 0.29) is 36.7 Å². The maximum Gasteiger partial charge on any atom is 0.307 e. The topological polar surface area (TPSA) is 173 Å². The van der Waals surface area contributed by atoms with E-state index in [1.54, 1.807) is 0 Å². The van der Waals surface area contributed by atoms with E-state index in [9.17, 15) is 39.6 Å². The van der Waals surface area contributed by atoms with Crippen molar-refractivity contribution in [3.63, 3.8) is 0 Å². The van der Waals surface area contributed by atoms with Crippen molar-refractivity contribution in [1.29, 1.82) is 0 Å². The van der Waals surface area contributed by atoms with Gasteiger partial charge in [-0.15, -0.1) is 0 Å². The Bertz CT molecular complexity index is 811. The van der Waals surface area contributed by atoms with Crippen molar-refractivity contribution in [2.75, 3.05) is 0 Å². The summed E-state index contributed by atoms with van der Waals surface area (Å²) < 4.78 is 0. The van der Waals surface area contributed by atoms with Crippen LogP contribution in [0.2, 0.25) is 0 Å². The van der Waals surface area contributed by atoms with Crippen molar-refractivity contribution >= 4 is 23.8 Å². The van der Waals surface area contributed by atoms with Crippen LogP contribution in [0.1, 0.15) is 96.3 Å². The first-order valence-corrected chi connectivity index (χ1v) is 15.0. The zero-order valence-corrected chi connectivity index (χ0v) is 22.8. The van der Waals surface area contributed by atoms with Gasteiger partial charge in [0.25, 0.3) is 0 Å². The Hall–Kier alpha value is -2.20. The number of nitrogens with one attached hydrogen (secondary N) is 2. The van der Waals surface area contributed by atoms with Gasteiger partial charge >= 0.3 is 11.9 Å². The van der Waals surface area contributed by atoms with E-state index in [2.05, 4.69) is 10.6 Å². The number of aliphatic carboxylic acids is 2. The number of hydrogen-bond donors (Lipinski definition) is 6. The standard InChI is InChI=1S/C29H46N2O8/c32-20-9-11-22(28(36)37)24(14-20)26(34)30-18-5-1-16(2-6-18)13-17-3-7-19(8-4-17)31-27(35)25-15-21(33)10-12-23(25)29(38)39/h16-25,32-33H,1-15H2,(H,30,34)(H,31,35)(H,36,37)(H,38,39). The maximum atomic E-state index is 12.8. The van der Waals surface area contributed by atoms with Gasteiger partial charge in [-0.3, -0.25) is 19.2 Å². The van der Waals surface area contributed by atoms with E-state index in [4.69, 9.17) is 0 Å². The van der Waals surface area contributed by atoms with E-state index in [1.807, 2.05) is 0 Å². The second-order valence-electron chi connectivity index (χ2n) is 12.7. The maximum absolute atomic E-state index is 12.8. The predicted molar refractivity (Wildman–Crippen MR) is 141 cm³/mol. The van der Waals surface area contributed by atoms with E-state index < -0.39 is 47.8 Å². The smallest absolute Gasteiger partial charge is 0.307 e. The first kappa shape index (κ1) is 29.8. The van der Waals surface area contributed by atoms with Gasteiger partial charge in [0, 0.05) is 12.1 Å². The summed E-state index contributed by atoms with van der Waals surface area (Å²) in [5.74, 6) is -3.99. The van der Waals surface area contributed by atoms with Gasteiger partial charge in [0.1, 0.15) is 0 Å². The van der Waals surface area contributed by atoms with Crippen LogP contribution in [0, 0.1) is 35.5 Å². The van der Waals surface area contributed by atoms with Crippen LogP contribution < -0.4 is 10.6 Å². The molecule has 2 amide bonds. The lowest BCUT2D eigenvalue weighted by molar-refractivity contribution is -0.151. The molecule has 0 aromatic heterocycles. The van der Waals surface area contributed by atoms with Crippen LogP contribution in [0.4, 0.5) is 0 Å². The molecule has 0 radical (unpaired) electrons. The number of carbonyl (C=O) groups is 4. The molecule has 4 fully saturated rings. The number of rotatable bonds is 8. The van der Waals surface area contributed by atoms with Gasteiger partial charge in [-0.1, -0.05) is 0 Å². The molecule has 10 nitrogen and oxygen atoms in total. The van der Waals surface area contributed by atoms with E-state index in [0.717, 1.165) is 57.8 Å². The number of carboxylic acid groups (broad SMARTS) is 2. The van der Waals surface area contributed by atoms with Crippen LogP contribution >= 0.6 is 0 Å². The summed E-state index contributed by atoms with van der Waals surface area (Å²) >= 11 is 0. The number of aliphatic hydroxyl groups excluding tert-OH is 2. The third-order valence-corrected chi connectivity index (χ3v) is 10.0. The van der Waals surface area contributed by atoms with Crippen molar-refractivity contribution in [3.05, 3.63) is 0 Å². The number of amides is 2. The fourth-order valence-corrected chi connectivity index (χ4v) is 7.64. The molecule has 0 bridgehead atoms. The summed E-state index contributed by atoms with van der Waals surface area (Å²) in [5, 5.41) is 45.0. The number of carbonyl (C=O) groups excluding carboxylic acids is 2. The highest BCUT2D eigenvalue weighted by atomic mass is 16.4. The molecule has 0 aromatic rings. The third-order valence-electron chi connectivity index (χ3n) is 10.0. The Morgan fingerprint density at radius 2 is 0.872 bits per heavy atom. The highest BCUT2D eigenvalue weighted by molar-refractivity contribution is 5.85. The summed E-state index contributed by atoms with van der Waals surface area (Å²) in [6.07, 6.45) is 9.48. The average molecular weight is 551 g/mol. The number of hydrogen-bond acceptors (Lipinski definition) is 6. The molecule has 220 valence electrons. The van der Waals surface area contributed by atoms with Crippen LogP contribution in [0.15, 0.2) is 0 Å². The summed E-state index contributed by atoms with van der Waals surface area (Å²) in [6.45, 7) is 0. The Morgan fingerprint density at radius 1 is 0.513 bits per heavy atom. The van der Waals surface area contributed by atoms with Gasteiger partial charge in [0.15, 0.2) is 0 Å². The zero-order chi connectivity index (χ0) is 28.1. The Morgan fingerprint density at radius 3 is 1.21 bits per heavy atom.